The minimum absolute atomic E-state index is 0.000968. The molecule has 0 bridgehead atoms. The molecule has 6 rings (SSSR count). The Kier molecular flexibility index (Phi) is 5.48. The van der Waals surface area contributed by atoms with Gasteiger partial charge in [-0.15, -0.1) is 0 Å². The number of nitrogens with one attached hydrogen (secondary N) is 2. The fourth-order valence-electron chi connectivity index (χ4n) is 5.19. The number of H-pyrrole nitrogens is 1. The molecule has 2 aromatic carbocycles. The van der Waals surface area contributed by atoms with Gasteiger partial charge < -0.3 is 19.1 Å². The number of halogens is 1. The van der Waals surface area contributed by atoms with E-state index in [9.17, 15) is 22.4 Å². The summed E-state index contributed by atoms with van der Waals surface area (Å²) in [6, 6.07) is 12.7. The Hall–Kier alpha value is -4.27. The maximum absolute atomic E-state index is 14.0. The van der Waals surface area contributed by atoms with Gasteiger partial charge in [0.05, 0.1) is 34.8 Å². The molecule has 0 saturated carbocycles. The largest absolute Gasteiger partial charge is 0.488 e. The summed E-state index contributed by atoms with van der Waals surface area (Å²) in [5.41, 5.74) is 4.54. The Balaban J connectivity index is 1.70. The predicted molar refractivity (Wildman–Crippen MR) is 142 cm³/mol. The number of hydrogen-bond acceptors (Lipinski definition) is 7. The lowest BCUT2D eigenvalue weighted by Gasteiger charge is -2.32. The third kappa shape index (κ3) is 3.89. The van der Waals surface area contributed by atoms with Gasteiger partial charge in [0.25, 0.3) is 0 Å². The first-order valence-corrected chi connectivity index (χ1v) is 13.3. The van der Waals surface area contributed by atoms with E-state index >= 15 is 0 Å². The van der Waals surface area contributed by atoms with Gasteiger partial charge in [0, 0.05) is 41.1 Å². The zero-order valence-corrected chi connectivity index (χ0v) is 21.3. The van der Waals surface area contributed by atoms with Crippen LogP contribution in [0.2, 0.25) is 0 Å². The van der Waals surface area contributed by atoms with Crippen LogP contribution in [0.3, 0.4) is 0 Å². The number of benzene rings is 2. The van der Waals surface area contributed by atoms with E-state index in [1.165, 1.54) is 6.07 Å². The van der Waals surface area contributed by atoms with Gasteiger partial charge in [0.2, 0.25) is 0 Å². The lowest BCUT2D eigenvalue weighted by molar-refractivity contribution is 0.357. The van der Waals surface area contributed by atoms with E-state index in [0.29, 0.717) is 51.7 Å². The van der Waals surface area contributed by atoms with Gasteiger partial charge in [-0.3, -0.25) is 9.78 Å². The molecule has 0 spiro atoms. The van der Waals surface area contributed by atoms with Gasteiger partial charge in [-0.25, -0.2) is 0 Å². The summed E-state index contributed by atoms with van der Waals surface area (Å²) in [7, 11) is -5.22. The highest BCUT2D eigenvalue weighted by molar-refractivity contribution is 7.81. The van der Waals surface area contributed by atoms with E-state index < -0.39 is 10.5 Å². The van der Waals surface area contributed by atoms with Crippen molar-refractivity contribution in [2.24, 2.45) is 0 Å². The maximum Gasteiger partial charge on any atom is 0.488 e. The summed E-state index contributed by atoms with van der Waals surface area (Å²) in [6.07, 6.45) is 2.67. The number of aromatic amines is 1. The van der Waals surface area contributed by atoms with E-state index in [1.54, 1.807) is 24.4 Å². The molecule has 4 heterocycles. The highest BCUT2D eigenvalue weighted by atomic mass is 32.3. The highest BCUT2D eigenvalue weighted by Gasteiger charge is 2.26. The first-order valence-electron chi connectivity index (χ1n) is 12.0. The Morgan fingerprint density at radius 3 is 2.61 bits per heavy atom. The van der Waals surface area contributed by atoms with Crippen LogP contribution in [0, 0.1) is 11.3 Å². The van der Waals surface area contributed by atoms with E-state index in [0.717, 1.165) is 22.7 Å². The summed E-state index contributed by atoms with van der Waals surface area (Å²) in [4.78, 5) is 21.4. The number of nitrogens with zero attached hydrogens (tertiary/aromatic N) is 3. The molecule has 1 aliphatic heterocycles. The van der Waals surface area contributed by atoms with Crippen LogP contribution in [0.4, 0.5) is 3.89 Å². The fourth-order valence-corrected chi connectivity index (χ4v) is 5.52. The van der Waals surface area contributed by atoms with Crippen LogP contribution >= 0.6 is 0 Å². The smallest absolute Gasteiger partial charge is 0.357 e. The van der Waals surface area contributed by atoms with Crippen molar-refractivity contribution >= 4 is 43.3 Å². The van der Waals surface area contributed by atoms with Crippen molar-refractivity contribution in [3.63, 3.8) is 0 Å². The first kappa shape index (κ1) is 24.1. The quantitative estimate of drug-likeness (QED) is 0.321. The van der Waals surface area contributed by atoms with Crippen molar-refractivity contribution in [3.05, 3.63) is 70.1 Å². The predicted octanol–water partition coefficient (Wildman–Crippen LogP) is 4.43. The van der Waals surface area contributed by atoms with E-state index in [4.69, 9.17) is 0 Å². The van der Waals surface area contributed by atoms with Gasteiger partial charge in [0.15, 0.2) is 11.2 Å². The molecule has 38 heavy (non-hydrogen) atoms. The fraction of sp³-hybridized carbons (Fsp3) is 0.222. The van der Waals surface area contributed by atoms with Crippen molar-refractivity contribution in [1.29, 1.82) is 5.26 Å². The Morgan fingerprint density at radius 1 is 1.16 bits per heavy atom. The van der Waals surface area contributed by atoms with Crippen LogP contribution in [0.1, 0.15) is 36.9 Å². The first-order chi connectivity index (χ1) is 18.1. The second-order valence-corrected chi connectivity index (χ2v) is 10.7. The normalized spacial score (nSPS) is 14.3. The van der Waals surface area contributed by atoms with Crippen LogP contribution in [-0.2, 0) is 10.5 Å². The molecule has 0 radical (unpaired) electrons. The van der Waals surface area contributed by atoms with Gasteiger partial charge >= 0.3 is 10.5 Å². The average Bonchev–Trinajstić information content (AvgIpc) is 3.22. The van der Waals surface area contributed by atoms with E-state index in [1.807, 2.05) is 26.0 Å². The standard InChI is InChI=1S/C27H22FN5O4S/c1-14(2)20-7-22-24(8-21(20)16-6-18(13-30-10-16)37-38(28,35)36)33(17-11-31-12-17)27-25(26(22)34)19-4-3-15(9-29)5-23(19)32-27/h3-8,10,13-14,17,31-32H,11-12H2,1-2H3. The van der Waals surface area contributed by atoms with Crippen molar-refractivity contribution in [3.8, 4) is 22.9 Å². The summed E-state index contributed by atoms with van der Waals surface area (Å²) in [5, 5.41) is 14.5. The van der Waals surface area contributed by atoms with Crippen molar-refractivity contribution in [1.82, 2.24) is 19.9 Å². The van der Waals surface area contributed by atoms with E-state index in [-0.39, 0.29) is 23.1 Å². The van der Waals surface area contributed by atoms with Gasteiger partial charge in [-0.1, -0.05) is 23.8 Å². The molecule has 5 aromatic rings. The Bertz CT molecular complexity index is 1990. The zero-order chi connectivity index (χ0) is 26.8. The van der Waals surface area contributed by atoms with Crippen LogP contribution in [0.25, 0.3) is 44.0 Å². The lowest BCUT2D eigenvalue weighted by atomic mass is 9.90. The molecule has 3 aromatic heterocycles. The Labute approximate surface area is 216 Å². The third-order valence-corrected chi connectivity index (χ3v) is 7.41. The number of pyridine rings is 2. The summed E-state index contributed by atoms with van der Waals surface area (Å²) in [6.45, 7) is 5.41. The van der Waals surface area contributed by atoms with Gasteiger partial charge in [0.1, 0.15) is 5.65 Å². The average molecular weight is 532 g/mol. The molecule has 11 heteroatoms. The molecule has 0 unspecified atom stereocenters. The topological polar surface area (TPSA) is 130 Å². The molecule has 1 saturated heterocycles. The van der Waals surface area contributed by atoms with Crippen LogP contribution in [-0.4, -0.2) is 36.0 Å². The SMILES string of the molecule is CC(C)c1cc2c(=O)c3c4ccc(C#N)cc4[nH]c3n(C3CNC3)c2cc1-c1cncc(OS(=O)(=O)F)c1. The molecule has 9 nitrogen and oxygen atoms in total. The molecule has 0 atom stereocenters. The molecule has 1 fully saturated rings. The van der Waals surface area contributed by atoms with Crippen LogP contribution in [0.5, 0.6) is 5.75 Å². The molecule has 1 aliphatic rings. The van der Waals surface area contributed by atoms with Crippen molar-refractivity contribution in [2.45, 2.75) is 25.8 Å². The van der Waals surface area contributed by atoms with E-state index in [2.05, 4.69) is 30.1 Å². The highest BCUT2D eigenvalue weighted by Crippen LogP contribution is 2.37. The number of aromatic nitrogens is 3. The van der Waals surface area contributed by atoms with Gasteiger partial charge in [-0.2, -0.15) is 13.7 Å². The summed E-state index contributed by atoms with van der Waals surface area (Å²) in [5.74, 6) is -0.251. The molecule has 0 aliphatic carbocycles. The zero-order valence-electron chi connectivity index (χ0n) is 20.4. The maximum atomic E-state index is 14.0. The third-order valence-electron chi connectivity index (χ3n) is 7.01. The van der Waals surface area contributed by atoms with Crippen molar-refractivity contribution < 1.29 is 16.5 Å². The van der Waals surface area contributed by atoms with Crippen LogP contribution in [0.15, 0.2) is 53.6 Å². The summed E-state index contributed by atoms with van der Waals surface area (Å²) < 4.78 is 41.8. The number of fused-ring (bicyclic) bond motifs is 4. The molecule has 0 amide bonds. The number of rotatable bonds is 5. The van der Waals surface area contributed by atoms with Crippen LogP contribution < -0.4 is 14.9 Å². The second-order valence-electron chi connectivity index (χ2n) is 9.73. The molecular weight excluding hydrogens is 509 g/mol. The Morgan fingerprint density at radius 2 is 1.95 bits per heavy atom. The minimum Gasteiger partial charge on any atom is -0.357 e. The van der Waals surface area contributed by atoms with Gasteiger partial charge in [-0.05, 0) is 47.4 Å². The molecule has 2 N–H and O–H groups in total. The number of nitriles is 1. The molecule has 192 valence electrons. The minimum atomic E-state index is -5.22. The number of hydrogen-bond donors (Lipinski definition) is 2. The second kappa shape index (κ2) is 8.65. The monoisotopic (exact) mass is 531 g/mol. The molecular formula is C27H22FN5O4S. The summed E-state index contributed by atoms with van der Waals surface area (Å²) >= 11 is 0. The lowest BCUT2D eigenvalue weighted by Crippen LogP contribution is -2.44. The van der Waals surface area contributed by atoms with Crippen molar-refractivity contribution in [2.75, 3.05) is 13.1 Å².